The molecule has 1 unspecified atom stereocenters. The molecule has 1 atom stereocenters. The highest BCUT2D eigenvalue weighted by Gasteiger charge is 1.97. The molecule has 0 saturated heterocycles. The van der Waals surface area contributed by atoms with Crippen LogP contribution in [0.3, 0.4) is 0 Å². The topological polar surface area (TPSA) is 29.5 Å². The zero-order valence-electron chi connectivity index (χ0n) is 6.83. The summed E-state index contributed by atoms with van der Waals surface area (Å²) in [4.78, 5) is 0. The van der Waals surface area contributed by atoms with E-state index in [0.29, 0.717) is 6.61 Å². The summed E-state index contributed by atoms with van der Waals surface area (Å²) in [5.41, 5.74) is 0. The van der Waals surface area contributed by atoms with Crippen molar-refractivity contribution in [3.05, 3.63) is 28.7 Å². The van der Waals surface area contributed by atoms with Crippen molar-refractivity contribution < 1.29 is 9.84 Å². The summed E-state index contributed by atoms with van der Waals surface area (Å²) < 4.78 is 6.25. The Morgan fingerprint density at radius 3 is 2.92 bits per heavy atom. The van der Waals surface area contributed by atoms with Gasteiger partial charge >= 0.3 is 0 Å². The maximum Gasteiger partial charge on any atom is 0.120 e. The Labute approximate surface area is 80.3 Å². The molecule has 0 heterocycles. The molecule has 0 amide bonds. The lowest BCUT2D eigenvalue weighted by atomic mass is 10.3. The second-order valence-electron chi connectivity index (χ2n) is 2.62. The third kappa shape index (κ3) is 3.24. The van der Waals surface area contributed by atoms with Crippen LogP contribution in [-0.2, 0) is 0 Å². The number of aliphatic hydroxyl groups is 1. The third-order valence-electron chi connectivity index (χ3n) is 1.29. The van der Waals surface area contributed by atoms with Crippen LogP contribution in [0, 0.1) is 0 Å². The first kappa shape index (κ1) is 9.55. The molecule has 0 aliphatic rings. The average Bonchev–Trinajstić information content (AvgIpc) is 2.01. The number of benzene rings is 1. The fourth-order valence-electron chi connectivity index (χ4n) is 0.774. The van der Waals surface area contributed by atoms with Gasteiger partial charge in [0.1, 0.15) is 12.4 Å². The predicted octanol–water partition coefficient (Wildman–Crippen LogP) is 2.21. The van der Waals surface area contributed by atoms with Gasteiger partial charge in [-0.1, -0.05) is 22.0 Å². The zero-order valence-corrected chi connectivity index (χ0v) is 8.41. The lowest BCUT2D eigenvalue weighted by Gasteiger charge is -2.07. The maximum absolute atomic E-state index is 8.95. The largest absolute Gasteiger partial charge is 0.491 e. The summed E-state index contributed by atoms with van der Waals surface area (Å²) in [5.74, 6) is 0.769. The summed E-state index contributed by atoms with van der Waals surface area (Å²) in [7, 11) is 0. The van der Waals surface area contributed by atoms with Crippen LogP contribution in [0.4, 0.5) is 0 Å². The van der Waals surface area contributed by atoms with Crippen molar-refractivity contribution >= 4 is 15.9 Å². The Morgan fingerprint density at radius 2 is 2.33 bits per heavy atom. The summed E-state index contributed by atoms with van der Waals surface area (Å²) in [5, 5.41) is 8.95. The van der Waals surface area contributed by atoms with E-state index in [1.165, 1.54) is 0 Å². The minimum atomic E-state index is -0.427. The van der Waals surface area contributed by atoms with Crippen molar-refractivity contribution in [1.82, 2.24) is 0 Å². The zero-order chi connectivity index (χ0) is 8.97. The van der Waals surface area contributed by atoms with Crippen LogP contribution in [-0.4, -0.2) is 17.8 Å². The average molecular weight is 231 g/mol. The Bertz CT molecular complexity index is 248. The number of aliphatic hydroxyl groups excluding tert-OH is 1. The first-order chi connectivity index (χ1) is 5.68. The fourth-order valence-corrected chi connectivity index (χ4v) is 1.15. The quantitative estimate of drug-likeness (QED) is 0.864. The van der Waals surface area contributed by atoms with Gasteiger partial charge < -0.3 is 9.84 Å². The van der Waals surface area contributed by atoms with Crippen molar-refractivity contribution in [2.45, 2.75) is 13.0 Å². The first-order valence-electron chi connectivity index (χ1n) is 3.75. The lowest BCUT2D eigenvalue weighted by molar-refractivity contribution is 0.122. The van der Waals surface area contributed by atoms with Gasteiger partial charge in [0.2, 0.25) is 0 Å². The third-order valence-corrected chi connectivity index (χ3v) is 1.78. The highest BCUT2D eigenvalue weighted by Crippen LogP contribution is 2.17. The minimum absolute atomic E-state index is 0.330. The van der Waals surface area contributed by atoms with E-state index in [0.717, 1.165) is 10.2 Å². The Hall–Kier alpha value is -0.540. The Balaban J connectivity index is 2.52. The van der Waals surface area contributed by atoms with E-state index >= 15 is 0 Å². The molecule has 66 valence electrons. The van der Waals surface area contributed by atoms with Gasteiger partial charge in [-0.25, -0.2) is 0 Å². The van der Waals surface area contributed by atoms with E-state index in [-0.39, 0.29) is 0 Å². The van der Waals surface area contributed by atoms with E-state index in [9.17, 15) is 0 Å². The maximum atomic E-state index is 8.95. The van der Waals surface area contributed by atoms with Crippen LogP contribution in [0.5, 0.6) is 5.75 Å². The highest BCUT2D eigenvalue weighted by atomic mass is 79.9. The molecule has 0 spiro atoms. The molecule has 1 aromatic rings. The number of hydrogen-bond donors (Lipinski definition) is 1. The van der Waals surface area contributed by atoms with Gasteiger partial charge in [0.05, 0.1) is 6.10 Å². The van der Waals surface area contributed by atoms with Gasteiger partial charge in [-0.2, -0.15) is 0 Å². The lowest BCUT2D eigenvalue weighted by Crippen LogP contribution is -2.12. The minimum Gasteiger partial charge on any atom is -0.491 e. The molecule has 1 aromatic carbocycles. The standard InChI is InChI=1S/C9H11BrO2/c1-7(11)6-12-9-4-2-3-8(10)5-9/h2-5,7,11H,6H2,1H3. The molecule has 1 rings (SSSR count). The number of halogens is 1. The van der Waals surface area contributed by atoms with Crippen LogP contribution in [0.1, 0.15) is 6.92 Å². The van der Waals surface area contributed by atoms with E-state index in [1.807, 2.05) is 24.3 Å². The fraction of sp³-hybridized carbons (Fsp3) is 0.333. The monoisotopic (exact) mass is 230 g/mol. The van der Waals surface area contributed by atoms with Crippen molar-refractivity contribution in [3.8, 4) is 5.75 Å². The second kappa shape index (κ2) is 4.48. The van der Waals surface area contributed by atoms with Gasteiger partial charge in [-0.05, 0) is 25.1 Å². The molecule has 1 N–H and O–H groups in total. The molecule has 0 radical (unpaired) electrons. The van der Waals surface area contributed by atoms with Crippen LogP contribution < -0.4 is 4.74 Å². The first-order valence-corrected chi connectivity index (χ1v) is 4.54. The van der Waals surface area contributed by atoms with E-state index in [1.54, 1.807) is 6.92 Å². The van der Waals surface area contributed by atoms with Crippen LogP contribution in [0.15, 0.2) is 28.7 Å². The van der Waals surface area contributed by atoms with Crippen molar-refractivity contribution in [3.63, 3.8) is 0 Å². The molecule has 0 bridgehead atoms. The van der Waals surface area contributed by atoms with Crippen molar-refractivity contribution in [2.24, 2.45) is 0 Å². The van der Waals surface area contributed by atoms with Gasteiger partial charge in [-0.15, -0.1) is 0 Å². The van der Waals surface area contributed by atoms with Crippen LogP contribution in [0.25, 0.3) is 0 Å². The molecule has 3 heteroatoms. The van der Waals surface area contributed by atoms with E-state index in [2.05, 4.69) is 15.9 Å². The SMILES string of the molecule is CC(O)COc1cccc(Br)c1. The molecular formula is C9H11BrO2. The molecule has 0 aromatic heterocycles. The smallest absolute Gasteiger partial charge is 0.120 e. The summed E-state index contributed by atoms with van der Waals surface area (Å²) >= 11 is 3.33. The van der Waals surface area contributed by atoms with Crippen molar-refractivity contribution in [2.75, 3.05) is 6.61 Å². The molecule has 0 fully saturated rings. The van der Waals surface area contributed by atoms with E-state index < -0.39 is 6.10 Å². The Morgan fingerprint density at radius 1 is 1.58 bits per heavy atom. The summed E-state index contributed by atoms with van der Waals surface area (Å²) in [6.45, 7) is 2.02. The normalized spacial score (nSPS) is 12.6. The number of rotatable bonds is 3. The van der Waals surface area contributed by atoms with E-state index in [4.69, 9.17) is 9.84 Å². The molecule has 2 nitrogen and oxygen atoms in total. The second-order valence-corrected chi connectivity index (χ2v) is 3.53. The number of ether oxygens (including phenoxy) is 1. The summed E-state index contributed by atoms with van der Waals surface area (Å²) in [6.07, 6.45) is -0.427. The molecule has 0 aliphatic carbocycles. The van der Waals surface area contributed by atoms with Gasteiger partial charge in [0.15, 0.2) is 0 Å². The van der Waals surface area contributed by atoms with Gasteiger partial charge in [0.25, 0.3) is 0 Å². The van der Waals surface area contributed by atoms with Gasteiger partial charge in [0, 0.05) is 4.47 Å². The molecule has 12 heavy (non-hydrogen) atoms. The van der Waals surface area contributed by atoms with Crippen LogP contribution >= 0.6 is 15.9 Å². The number of hydrogen-bond acceptors (Lipinski definition) is 2. The molecular weight excluding hydrogens is 220 g/mol. The summed E-state index contributed by atoms with van der Waals surface area (Å²) in [6, 6.07) is 7.53. The molecule has 0 saturated carbocycles. The van der Waals surface area contributed by atoms with Crippen molar-refractivity contribution in [1.29, 1.82) is 0 Å². The molecule has 0 aliphatic heterocycles. The highest BCUT2D eigenvalue weighted by molar-refractivity contribution is 9.10. The van der Waals surface area contributed by atoms with Gasteiger partial charge in [-0.3, -0.25) is 0 Å². The Kier molecular flexibility index (Phi) is 3.56. The van der Waals surface area contributed by atoms with Crippen LogP contribution in [0.2, 0.25) is 0 Å². The predicted molar refractivity (Wildman–Crippen MR) is 51.3 cm³/mol.